The van der Waals surface area contributed by atoms with Gasteiger partial charge in [0.05, 0.1) is 12.3 Å². The molecule has 0 radical (unpaired) electrons. The van der Waals surface area contributed by atoms with Crippen molar-refractivity contribution in [1.29, 1.82) is 0 Å². The summed E-state index contributed by atoms with van der Waals surface area (Å²) in [5.41, 5.74) is 4.01. The van der Waals surface area contributed by atoms with Gasteiger partial charge in [-0.3, -0.25) is 9.78 Å². The molecule has 4 aromatic rings. The number of benzene rings is 2. The van der Waals surface area contributed by atoms with Gasteiger partial charge in [0.2, 0.25) is 17.6 Å². The van der Waals surface area contributed by atoms with Gasteiger partial charge in [-0.05, 0) is 28.8 Å². The van der Waals surface area contributed by atoms with Gasteiger partial charge in [0.1, 0.15) is 5.69 Å². The maximum Gasteiger partial charge on any atom is 0.233 e. The Morgan fingerprint density at radius 1 is 0.933 bits per heavy atom. The van der Waals surface area contributed by atoms with E-state index in [2.05, 4.69) is 39.4 Å². The van der Waals surface area contributed by atoms with Gasteiger partial charge in [-0.15, -0.1) is 0 Å². The summed E-state index contributed by atoms with van der Waals surface area (Å²) in [6, 6.07) is 24.0. The number of hydrogen-bond acceptors (Lipinski definition) is 5. The molecule has 1 amide bonds. The average Bonchev–Trinajstić information content (AvgIpc) is 3.24. The molecule has 0 aliphatic carbocycles. The van der Waals surface area contributed by atoms with E-state index in [0.29, 0.717) is 36.9 Å². The van der Waals surface area contributed by atoms with E-state index >= 15 is 0 Å². The summed E-state index contributed by atoms with van der Waals surface area (Å²) in [5, 5.41) is 4.01. The van der Waals surface area contributed by atoms with Gasteiger partial charge in [-0.2, -0.15) is 4.98 Å². The van der Waals surface area contributed by atoms with Crippen molar-refractivity contribution in [3.05, 3.63) is 90.4 Å². The normalized spacial score (nSPS) is 13.8. The highest BCUT2D eigenvalue weighted by atomic mass is 16.5. The lowest BCUT2D eigenvalue weighted by Crippen LogP contribution is -2.49. The molecule has 0 N–H and O–H groups in total. The van der Waals surface area contributed by atoms with E-state index in [1.807, 2.05) is 53.4 Å². The van der Waals surface area contributed by atoms with Crippen LogP contribution in [0.2, 0.25) is 0 Å². The van der Waals surface area contributed by atoms with Crippen LogP contribution in [-0.2, 0) is 11.2 Å². The van der Waals surface area contributed by atoms with Gasteiger partial charge >= 0.3 is 0 Å². The molecule has 148 valence electrons. The van der Waals surface area contributed by atoms with Crippen LogP contribution in [0.25, 0.3) is 22.6 Å². The van der Waals surface area contributed by atoms with Gasteiger partial charge in [-0.25, -0.2) is 0 Å². The summed E-state index contributed by atoms with van der Waals surface area (Å²) in [6.45, 7) is 1.20. The first-order valence-corrected chi connectivity index (χ1v) is 9.93. The number of carbonyl (C=O) groups is 1. The molecule has 0 atom stereocenters. The number of carbonyl (C=O) groups excluding carboxylic acids is 1. The fourth-order valence-corrected chi connectivity index (χ4v) is 3.57. The van der Waals surface area contributed by atoms with Gasteiger partial charge in [0, 0.05) is 19.3 Å². The largest absolute Gasteiger partial charge is 0.341 e. The van der Waals surface area contributed by atoms with Crippen LogP contribution in [0.1, 0.15) is 17.4 Å². The maximum atomic E-state index is 12.6. The van der Waals surface area contributed by atoms with E-state index in [0.717, 1.165) is 11.1 Å². The van der Waals surface area contributed by atoms with Crippen molar-refractivity contribution < 1.29 is 9.32 Å². The molecular formula is C24H20N4O2. The highest BCUT2D eigenvalue weighted by Crippen LogP contribution is 2.28. The monoisotopic (exact) mass is 396 g/mol. The molecular weight excluding hydrogens is 376 g/mol. The van der Waals surface area contributed by atoms with E-state index in [4.69, 9.17) is 4.52 Å². The standard InChI is InChI=1S/C24H20N4O2/c29-22(14-17-9-11-19(12-10-17)18-6-2-1-3-7-18)28-15-20(16-28)24-26-23(27-30-24)21-8-4-5-13-25-21/h1-13,20H,14-16H2. The Labute approximate surface area is 174 Å². The van der Waals surface area contributed by atoms with Gasteiger partial charge in [0.15, 0.2) is 0 Å². The maximum absolute atomic E-state index is 12.6. The van der Waals surface area contributed by atoms with Crippen LogP contribution >= 0.6 is 0 Å². The summed E-state index contributed by atoms with van der Waals surface area (Å²) in [4.78, 5) is 23.1. The van der Waals surface area contributed by atoms with Gasteiger partial charge in [-0.1, -0.05) is 65.8 Å². The van der Waals surface area contributed by atoms with Crippen molar-refractivity contribution in [3.63, 3.8) is 0 Å². The number of rotatable bonds is 5. The van der Waals surface area contributed by atoms with Gasteiger partial charge < -0.3 is 9.42 Å². The van der Waals surface area contributed by atoms with Crippen LogP contribution in [0.4, 0.5) is 0 Å². The number of hydrogen-bond donors (Lipinski definition) is 0. The molecule has 5 rings (SSSR count). The molecule has 0 spiro atoms. The van der Waals surface area contributed by atoms with E-state index in [1.165, 1.54) is 5.56 Å². The van der Waals surface area contributed by atoms with Crippen LogP contribution in [0.5, 0.6) is 0 Å². The van der Waals surface area contributed by atoms with E-state index in [-0.39, 0.29) is 11.8 Å². The number of pyridine rings is 1. The summed E-state index contributed by atoms with van der Waals surface area (Å²) in [6.07, 6.45) is 2.09. The third kappa shape index (κ3) is 3.72. The van der Waals surface area contributed by atoms with Crippen molar-refractivity contribution in [2.75, 3.05) is 13.1 Å². The Kier molecular flexibility index (Phi) is 4.81. The van der Waals surface area contributed by atoms with Gasteiger partial charge in [0.25, 0.3) is 0 Å². The summed E-state index contributed by atoms with van der Waals surface area (Å²) in [5.74, 6) is 1.24. The lowest BCUT2D eigenvalue weighted by molar-refractivity contribution is -0.135. The Morgan fingerprint density at radius 2 is 1.67 bits per heavy atom. The van der Waals surface area contributed by atoms with Crippen LogP contribution in [-0.4, -0.2) is 39.0 Å². The minimum absolute atomic E-state index is 0.0827. The molecule has 0 bridgehead atoms. The van der Waals surface area contributed by atoms with Crippen molar-refractivity contribution in [2.24, 2.45) is 0 Å². The van der Waals surface area contributed by atoms with Crippen LogP contribution in [0, 0.1) is 0 Å². The highest BCUT2D eigenvalue weighted by molar-refractivity contribution is 5.80. The Hall–Kier alpha value is -3.80. The smallest absolute Gasteiger partial charge is 0.233 e. The Morgan fingerprint density at radius 3 is 2.40 bits per heavy atom. The van der Waals surface area contributed by atoms with Crippen LogP contribution < -0.4 is 0 Å². The lowest BCUT2D eigenvalue weighted by atomic mass is 9.98. The summed E-state index contributed by atoms with van der Waals surface area (Å²) >= 11 is 0. The molecule has 1 aliphatic heterocycles. The number of nitrogens with zero attached hydrogens (tertiary/aromatic N) is 4. The number of likely N-dealkylation sites (tertiary alicyclic amines) is 1. The molecule has 1 saturated heterocycles. The van der Waals surface area contributed by atoms with Crippen molar-refractivity contribution in [2.45, 2.75) is 12.3 Å². The second-order valence-corrected chi connectivity index (χ2v) is 7.41. The molecule has 3 heterocycles. The Bertz CT molecular complexity index is 1130. The quantitative estimate of drug-likeness (QED) is 0.510. The zero-order valence-corrected chi connectivity index (χ0v) is 16.3. The first kappa shape index (κ1) is 18.2. The van der Waals surface area contributed by atoms with E-state index in [1.54, 1.807) is 6.20 Å². The fraction of sp³-hybridized carbons (Fsp3) is 0.167. The third-order valence-electron chi connectivity index (χ3n) is 5.34. The predicted octanol–water partition coefficient (Wildman–Crippen LogP) is 3.97. The molecule has 6 nitrogen and oxygen atoms in total. The molecule has 6 heteroatoms. The predicted molar refractivity (Wildman–Crippen MR) is 112 cm³/mol. The molecule has 1 aliphatic rings. The van der Waals surface area contributed by atoms with Crippen molar-refractivity contribution >= 4 is 5.91 Å². The average molecular weight is 396 g/mol. The summed E-state index contributed by atoms with van der Waals surface area (Å²) < 4.78 is 5.39. The zero-order valence-electron chi connectivity index (χ0n) is 16.3. The number of aromatic nitrogens is 3. The Balaban J connectivity index is 1.17. The van der Waals surface area contributed by atoms with E-state index in [9.17, 15) is 4.79 Å². The lowest BCUT2D eigenvalue weighted by Gasteiger charge is -2.37. The summed E-state index contributed by atoms with van der Waals surface area (Å²) in [7, 11) is 0. The first-order chi connectivity index (χ1) is 14.8. The molecule has 1 fully saturated rings. The second-order valence-electron chi connectivity index (χ2n) is 7.41. The van der Waals surface area contributed by atoms with E-state index < -0.39 is 0 Å². The third-order valence-corrected chi connectivity index (χ3v) is 5.34. The van der Waals surface area contributed by atoms with Crippen LogP contribution in [0.15, 0.2) is 83.5 Å². The SMILES string of the molecule is O=C(Cc1ccc(-c2ccccc2)cc1)N1CC(c2nc(-c3ccccn3)no2)C1. The minimum atomic E-state index is 0.0827. The topological polar surface area (TPSA) is 72.1 Å². The van der Waals surface area contributed by atoms with Crippen molar-refractivity contribution in [1.82, 2.24) is 20.0 Å². The molecule has 30 heavy (non-hydrogen) atoms. The van der Waals surface area contributed by atoms with Crippen molar-refractivity contribution in [3.8, 4) is 22.6 Å². The minimum Gasteiger partial charge on any atom is -0.341 e. The molecule has 0 saturated carbocycles. The first-order valence-electron chi connectivity index (χ1n) is 9.93. The highest BCUT2D eigenvalue weighted by Gasteiger charge is 2.35. The molecule has 0 unspecified atom stereocenters. The molecule has 2 aromatic carbocycles. The fourth-order valence-electron chi connectivity index (χ4n) is 3.57. The van der Waals surface area contributed by atoms with Crippen LogP contribution in [0.3, 0.4) is 0 Å². The number of amides is 1. The second kappa shape index (κ2) is 7.91. The zero-order chi connectivity index (χ0) is 20.3. The molecule has 2 aromatic heterocycles.